The average Bonchev–Trinajstić information content (AvgIpc) is 3.18. The number of hydrogen-bond acceptors (Lipinski definition) is 4. The summed E-state index contributed by atoms with van der Waals surface area (Å²) in [6, 6.07) is 16.5. The molecule has 1 N–H and O–H groups in total. The van der Waals surface area contributed by atoms with Crippen molar-refractivity contribution >= 4 is 52.0 Å². The smallest absolute Gasteiger partial charge is 0.248 e. The number of nitrogens with zero attached hydrogens (tertiary/aromatic N) is 1. The minimum atomic E-state index is -0.309. The molecule has 0 unspecified atom stereocenters. The van der Waals surface area contributed by atoms with E-state index in [-0.39, 0.29) is 5.91 Å². The van der Waals surface area contributed by atoms with Crippen LogP contribution in [0.1, 0.15) is 11.1 Å². The molecule has 1 amide bonds. The van der Waals surface area contributed by atoms with Gasteiger partial charge in [-0.15, -0.1) is 0 Å². The number of para-hydroxylation sites is 2. The van der Waals surface area contributed by atoms with Gasteiger partial charge in [-0.1, -0.05) is 41.4 Å². The van der Waals surface area contributed by atoms with E-state index >= 15 is 0 Å². The topological polar surface area (TPSA) is 64.4 Å². The van der Waals surface area contributed by atoms with Crippen LogP contribution in [-0.4, -0.2) is 18.0 Å². The highest BCUT2D eigenvalue weighted by atomic mass is 35.5. The number of aryl methyl sites for hydroxylation is 1. The van der Waals surface area contributed by atoms with E-state index in [1.165, 1.54) is 13.2 Å². The molecule has 4 rings (SSSR count). The number of rotatable bonds is 5. The molecule has 1 heterocycles. The zero-order valence-corrected chi connectivity index (χ0v) is 18.3. The van der Waals surface area contributed by atoms with Crippen LogP contribution < -0.4 is 10.1 Å². The first-order chi connectivity index (χ1) is 14.9. The highest BCUT2D eigenvalue weighted by Gasteiger charge is 2.11. The summed E-state index contributed by atoms with van der Waals surface area (Å²) in [6.07, 6.45) is 3.00. The molecule has 3 aromatic carbocycles. The van der Waals surface area contributed by atoms with Crippen LogP contribution in [0.3, 0.4) is 0 Å². The third kappa shape index (κ3) is 4.58. The fourth-order valence-electron chi connectivity index (χ4n) is 3.14. The van der Waals surface area contributed by atoms with Gasteiger partial charge in [0, 0.05) is 27.9 Å². The quantitative estimate of drug-likeness (QED) is 0.339. The molecule has 0 aliphatic heterocycles. The third-order valence-corrected chi connectivity index (χ3v) is 5.19. The van der Waals surface area contributed by atoms with E-state index in [0.29, 0.717) is 38.5 Å². The van der Waals surface area contributed by atoms with Gasteiger partial charge in [0.15, 0.2) is 5.58 Å². The van der Waals surface area contributed by atoms with Crippen LogP contribution in [0, 0.1) is 6.92 Å². The number of methoxy groups -OCH3 is 1. The Morgan fingerprint density at radius 1 is 1.13 bits per heavy atom. The molecule has 0 saturated heterocycles. The van der Waals surface area contributed by atoms with Gasteiger partial charge in [-0.25, -0.2) is 4.98 Å². The molecule has 1 aromatic heterocycles. The highest BCUT2D eigenvalue weighted by molar-refractivity contribution is 6.36. The number of amides is 1. The first-order valence-electron chi connectivity index (χ1n) is 9.43. The monoisotopic (exact) mass is 452 g/mol. The normalized spacial score (nSPS) is 11.2. The van der Waals surface area contributed by atoms with E-state index in [4.69, 9.17) is 32.4 Å². The van der Waals surface area contributed by atoms with Crippen molar-refractivity contribution in [2.45, 2.75) is 6.92 Å². The van der Waals surface area contributed by atoms with Gasteiger partial charge in [-0.05, 0) is 55.0 Å². The van der Waals surface area contributed by atoms with Crippen molar-refractivity contribution in [3.8, 4) is 17.2 Å². The van der Waals surface area contributed by atoms with Crippen LogP contribution in [0.2, 0.25) is 10.0 Å². The Morgan fingerprint density at radius 3 is 2.71 bits per heavy atom. The van der Waals surface area contributed by atoms with Gasteiger partial charge in [0.05, 0.1) is 12.1 Å². The lowest BCUT2D eigenvalue weighted by Crippen LogP contribution is -2.09. The fraction of sp³-hybridized carbons (Fsp3) is 0.0833. The van der Waals surface area contributed by atoms with Crippen LogP contribution in [0.25, 0.3) is 28.6 Å². The maximum Gasteiger partial charge on any atom is 0.248 e. The summed E-state index contributed by atoms with van der Waals surface area (Å²) in [5, 5.41) is 3.71. The number of carbonyl (C=O) groups excluding carboxylic acids is 1. The average molecular weight is 453 g/mol. The van der Waals surface area contributed by atoms with E-state index < -0.39 is 0 Å². The van der Waals surface area contributed by atoms with E-state index in [1.54, 1.807) is 18.2 Å². The van der Waals surface area contributed by atoms with Gasteiger partial charge in [0.1, 0.15) is 11.3 Å². The van der Waals surface area contributed by atoms with Gasteiger partial charge in [-0.2, -0.15) is 0 Å². The molecule has 0 radical (unpaired) electrons. The molecule has 0 aliphatic carbocycles. The van der Waals surface area contributed by atoms with Gasteiger partial charge in [-0.3, -0.25) is 4.79 Å². The van der Waals surface area contributed by atoms with Crippen LogP contribution in [0.4, 0.5) is 5.69 Å². The highest BCUT2D eigenvalue weighted by Crippen LogP contribution is 2.33. The second-order valence-electron chi connectivity index (χ2n) is 6.85. The Balaban J connectivity index is 1.57. The van der Waals surface area contributed by atoms with Crippen molar-refractivity contribution in [1.29, 1.82) is 0 Å². The number of aromatic nitrogens is 1. The molecule has 0 fully saturated rings. The number of ether oxygens (including phenoxy) is 1. The number of anilines is 1. The molecular weight excluding hydrogens is 435 g/mol. The van der Waals surface area contributed by atoms with E-state index in [1.807, 2.05) is 49.4 Å². The molecule has 156 valence electrons. The number of fused-ring (bicyclic) bond motifs is 1. The summed E-state index contributed by atoms with van der Waals surface area (Å²) >= 11 is 12.2. The van der Waals surface area contributed by atoms with Crippen LogP contribution in [-0.2, 0) is 4.79 Å². The first-order valence-corrected chi connectivity index (χ1v) is 10.2. The third-order valence-electron chi connectivity index (χ3n) is 4.69. The molecule has 0 bridgehead atoms. The molecule has 5 nitrogen and oxygen atoms in total. The minimum absolute atomic E-state index is 0.309. The molecule has 0 spiro atoms. The van der Waals surface area contributed by atoms with Crippen molar-refractivity contribution < 1.29 is 13.9 Å². The SMILES string of the molecule is COc1c(Cl)cc(Cl)cc1/C=C/C(=O)Nc1cc(-c2nc3ccccc3o2)ccc1C. The van der Waals surface area contributed by atoms with Crippen molar-refractivity contribution in [2.75, 3.05) is 12.4 Å². The standard InChI is InChI=1S/C24H18Cl2N2O3/c1-14-7-8-16(24-28-19-5-3-4-6-21(19)31-24)12-20(14)27-22(29)10-9-15-11-17(25)13-18(26)23(15)30-2/h3-13H,1-2H3,(H,27,29)/b10-9+. The second-order valence-corrected chi connectivity index (χ2v) is 7.69. The van der Waals surface area contributed by atoms with Gasteiger partial charge < -0.3 is 14.5 Å². The van der Waals surface area contributed by atoms with E-state index in [9.17, 15) is 4.79 Å². The first kappa shape index (κ1) is 21.0. The lowest BCUT2D eigenvalue weighted by Gasteiger charge is -2.09. The van der Waals surface area contributed by atoms with Crippen molar-refractivity contribution in [3.63, 3.8) is 0 Å². The Labute approximate surface area is 189 Å². The predicted molar refractivity (Wildman–Crippen MR) is 125 cm³/mol. The Bertz CT molecular complexity index is 1280. The Kier molecular flexibility index (Phi) is 5.98. The Hall–Kier alpha value is -3.28. The van der Waals surface area contributed by atoms with Gasteiger partial charge in [0.2, 0.25) is 11.8 Å². The van der Waals surface area contributed by atoms with Crippen molar-refractivity contribution in [1.82, 2.24) is 4.98 Å². The number of benzene rings is 3. The van der Waals surface area contributed by atoms with E-state index in [2.05, 4.69) is 10.3 Å². The number of nitrogens with one attached hydrogen (secondary N) is 1. The summed E-state index contributed by atoms with van der Waals surface area (Å²) in [4.78, 5) is 17.1. The Morgan fingerprint density at radius 2 is 1.94 bits per heavy atom. The molecular formula is C24H18Cl2N2O3. The summed E-state index contributed by atoms with van der Waals surface area (Å²) in [5.41, 5.74) is 4.42. The molecule has 0 aliphatic rings. The summed E-state index contributed by atoms with van der Waals surface area (Å²) < 4.78 is 11.1. The van der Waals surface area contributed by atoms with Gasteiger partial charge in [0.25, 0.3) is 0 Å². The lowest BCUT2D eigenvalue weighted by atomic mass is 10.1. The number of halogens is 2. The summed E-state index contributed by atoms with van der Waals surface area (Å²) in [5.74, 6) is 0.630. The molecule has 7 heteroatoms. The largest absolute Gasteiger partial charge is 0.495 e. The molecule has 0 atom stereocenters. The van der Waals surface area contributed by atoms with Crippen LogP contribution in [0.5, 0.6) is 5.75 Å². The summed E-state index contributed by atoms with van der Waals surface area (Å²) in [7, 11) is 1.51. The van der Waals surface area contributed by atoms with Crippen LogP contribution in [0.15, 0.2) is 65.1 Å². The predicted octanol–water partition coefficient (Wildman–Crippen LogP) is 6.77. The molecule has 31 heavy (non-hydrogen) atoms. The van der Waals surface area contributed by atoms with Crippen LogP contribution >= 0.6 is 23.2 Å². The number of hydrogen-bond donors (Lipinski definition) is 1. The molecule has 0 saturated carbocycles. The second kappa shape index (κ2) is 8.84. The zero-order valence-electron chi connectivity index (χ0n) is 16.8. The molecule has 4 aromatic rings. The maximum atomic E-state index is 12.6. The fourth-order valence-corrected chi connectivity index (χ4v) is 3.73. The zero-order chi connectivity index (χ0) is 22.0. The minimum Gasteiger partial charge on any atom is -0.495 e. The van der Waals surface area contributed by atoms with Crippen molar-refractivity contribution in [3.05, 3.63) is 81.8 Å². The van der Waals surface area contributed by atoms with Gasteiger partial charge >= 0.3 is 0 Å². The van der Waals surface area contributed by atoms with Crippen molar-refractivity contribution in [2.24, 2.45) is 0 Å². The summed E-state index contributed by atoms with van der Waals surface area (Å²) in [6.45, 7) is 1.91. The number of oxazole rings is 1. The number of carbonyl (C=O) groups is 1. The van der Waals surface area contributed by atoms with E-state index in [0.717, 1.165) is 16.6 Å². The lowest BCUT2D eigenvalue weighted by molar-refractivity contribution is -0.111. The maximum absolute atomic E-state index is 12.6.